The van der Waals surface area contributed by atoms with Crippen LogP contribution in [0.4, 0.5) is 0 Å². The normalized spacial score (nSPS) is 10.9. The number of hydrogen-bond donors (Lipinski definition) is 1. The molecule has 0 unspecified atom stereocenters. The number of rotatable bonds is 6. The Morgan fingerprint density at radius 2 is 2.03 bits per heavy atom. The number of carbonyl (C=O) groups excluding carboxylic acids is 1. The fourth-order valence-electron chi connectivity index (χ4n) is 2.97. The molecule has 0 atom stereocenters. The maximum Gasteiger partial charge on any atom is 0.266 e. The summed E-state index contributed by atoms with van der Waals surface area (Å²) in [7, 11) is 0. The molecule has 0 aliphatic rings. The van der Waals surface area contributed by atoms with Gasteiger partial charge in [-0.2, -0.15) is 5.10 Å². The number of halogens is 1. The minimum atomic E-state index is -0.375. The second-order valence-electron chi connectivity index (χ2n) is 6.40. The van der Waals surface area contributed by atoms with Gasteiger partial charge >= 0.3 is 0 Å². The lowest BCUT2D eigenvalue weighted by atomic mass is 10.1. The molecule has 4 rings (SSSR count). The van der Waals surface area contributed by atoms with E-state index in [-0.39, 0.29) is 24.6 Å². The van der Waals surface area contributed by atoms with Crippen LogP contribution >= 0.6 is 11.6 Å². The lowest BCUT2D eigenvalue weighted by molar-refractivity contribution is 0.0950. The monoisotopic (exact) mass is 424 g/mol. The molecule has 10 heteroatoms. The maximum absolute atomic E-state index is 12.8. The highest BCUT2D eigenvalue weighted by molar-refractivity contribution is 6.33. The first-order chi connectivity index (χ1) is 14.5. The molecule has 0 aliphatic heterocycles. The Labute approximate surface area is 175 Å². The summed E-state index contributed by atoms with van der Waals surface area (Å²) in [5.41, 5.74) is 0.990. The van der Waals surface area contributed by atoms with Gasteiger partial charge in [-0.3, -0.25) is 9.59 Å². The highest BCUT2D eigenvalue weighted by atomic mass is 35.5. The second kappa shape index (κ2) is 8.34. The van der Waals surface area contributed by atoms with E-state index < -0.39 is 0 Å². The molecule has 0 fully saturated rings. The fraction of sp³-hybridized carbons (Fsp3) is 0.150. The molecule has 152 valence electrons. The van der Waals surface area contributed by atoms with E-state index >= 15 is 0 Å². The molecule has 4 aromatic rings. The Balaban J connectivity index is 1.49. The van der Waals surface area contributed by atoms with Crippen molar-refractivity contribution in [2.24, 2.45) is 0 Å². The Bertz CT molecular complexity index is 1250. The number of amides is 1. The lowest BCUT2D eigenvalue weighted by Crippen LogP contribution is -2.32. The summed E-state index contributed by atoms with van der Waals surface area (Å²) in [6.07, 6.45) is 3.35. The molecule has 9 nitrogen and oxygen atoms in total. The van der Waals surface area contributed by atoms with E-state index in [1.165, 1.54) is 10.7 Å². The molecule has 0 saturated carbocycles. The molecule has 1 N–H and O–H groups in total. The van der Waals surface area contributed by atoms with E-state index in [1.807, 2.05) is 0 Å². The quantitative estimate of drug-likeness (QED) is 0.509. The van der Waals surface area contributed by atoms with Crippen molar-refractivity contribution in [3.8, 4) is 17.1 Å². The summed E-state index contributed by atoms with van der Waals surface area (Å²) < 4.78 is 8.04. The van der Waals surface area contributed by atoms with Crippen molar-refractivity contribution in [1.29, 1.82) is 0 Å². The molecule has 0 radical (unpaired) electrons. The molecule has 1 aromatic carbocycles. The predicted molar refractivity (Wildman–Crippen MR) is 110 cm³/mol. The van der Waals surface area contributed by atoms with Crippen LogP contribution in [0.3, 0.4) is 0 Å². The van der Waals surface area contributed by atoms with E-state index in [4.69, 9.17) is 16.1 Å². The van der Waals surface area contributed by atoms with Crippen LogP contribution in [0.1, 0.15) is 16.1 Å². The zero-order valence-electron chi connectivity index (χ0n) is 15.9. The molecular weight excluding hydrogens is 408 g/mol. The summed E-state index contributed by atoms with van der Waals surface area (Å²) in [5.74, 6) is 0.500. The van der Waals surface area contributed by atoms with Crippen LogP contribution in [0.5, 0.6) is 0 Å². The van der Waals surface area contributed by atoms with Gasteiger partial charge in [0.25, 0.3) is 11.5 Å². The molecule has 0 aliphatic carbocycles. The smallest absolute Gasteiger partial charge is 0.266 e. The molecular formula is C20H17ClN6O3. The molecule has 0 saturated heterocycles. The number of benzene rings is 1. The van der Waals surface area contributed by atoms with E-state index in [0.717, 1.165) is 0 Å². The first kappa shape index (κ1) is 19.6. The largest absolute Gasteiger partial charge is 0.360 e. The number of hydrogen-bond acceptors (Lipinski definition) is 6. The van der Waals surface area contributed by atoms with Gasteiger partial charge in [-0.25, -0.2) is 9.36 Å². The van der Waals surface area contributed by atoms with Crippen LogP contribution in [0.25, 0.3) is 17.1 Å². The number of nitrogens with one attached hydrogen (secondary N) is 1. The first-order valence-electron chi connectivity index (χ1n) is 9.12. The molecule has 3 aromatic heterocycles. The van der Waals surface area contributed by atoms with Gasteiger partial charge in [-0.1, -0.05) is 35.0 Å². The topological polar surface area (TPSA) is 108 Å². The van der Waals surface area contributed by atoms with Gasteiger partial charge in [0.05, 0.1) is 11.6 Å². The average Bonchev–Trinajstić information content (AvgIpc) is 3.40. The van der Waals surface area contributed by atoms with E-state index in [1.54, 1.807) is 60.4 Å². The van der Waals surface area contributed by atoms with Crippen LogP contribution in [-0.2, 0) is 6.54 Å². The van der Waals surface area contributed by atoms with Crippen LogP contribution in [-0.4, -0.2) is 37.2 Å². The summed E-state index contributed by atoms with van der Waals surface area (Å²) in [5, 5.41) is 15.6. The minimum Gasteiger partial charge on any atom is -0.360 e. The van der Waals surface area contributed by atoms with Crippen molar-refractivity contribution in [1.82, 2.24) is 30.0 Å². The number of carbonyl (C=O) groups is 1. The molecule has 0 spiro atoms. The summed E-state index contributed by atoms with van der Waals surface area (Å²) in [6, 6.07) is 11.8. The van der Waals surface area contributed by atoms with Gasteiger partial charge in [0.15, 0.2) is 5.82 Å². The van der Waals surface area contributed by atoms with Crippen molar-refractivity contribution in [3.63, 3.8) is 0 Å². The standard InChI is InChI=1S/C20H17ClN6O3/c1-13-18(19(25-30-13)14-5-2-3-6-15(14)21)20(29)22-10-12-27-17(28)8-7-16(24-27)26-11-4-9-23-26/h2-9,11H,10,12H2,1H3,(H,22,29). The van der Waals surface area contributed by atoms with Gasteiger partial charge in [0.1, 0.15) is 17.0 Å². The van der Waals surface area contributed by atoms with E-state index in [0.29, 0.717) is 33.4 Å². The maximum atomic E-state index is 12.8. The summed E-state index contributed by atoms with van der Waals surface area (Å²) >= 11 is 6.24. The van der Waals surface area contributed by atoms with Crippen molar-refractivity contribution in [2.45, 2.75) is 13.5 Å². The minimum absolute atomic E-state index is 0.181. The third kappa shape index (κ3) is 3.87. The third-order valence-corrected chi connectivity index (χ3v) is 4.75. The van der Waals surface area contributed by atoms with Crippen molar-refractivity contribution < 1.29 is 9.32 Å². The third-order valence-electron chi connectivity index (χ3n) is 4.42. The van der Waals surface area contributed by atoms with Gasteiger partial charge in [-0.05, 0) is 25.1 Å². The van der Waals surface area contributed by atoms with Gasteiger partial charge in [0.2, 0.25) is 0 Å². The molecule has 3 heterocycles. The number of aromatic nitrogens is 5. The number of aryl methyl sites for hydroxylation is 1. The Morgan fingerprint density at radius 3 is 2.80 bits per heavy atom. The zero-order valence-corrected chi connectivity index (χ0v) is 16.7. The zero-order chi connectivity index (χ0) is 21.1. The van der Waals surface area contributed by atoms with E-state index in [2.05, 4.69) is 20.7 Å². The summed E-state index contributed by atoms with van der Waals surface area (Å²) in [4.78, 5) is 24.9. The van der Waals surface area contributed by atoms with Gasteiger partial charge in [0, 0.05) is 30.6 Å². The van der Waals surface area contributed by atoms with Gasteiger partial charge < -0.3 is 9.84 Å². The van der Waals surface area contributed by atoms with Crippen LogP contribution in [0.2, 0.25) is 5.02 Å². The predicted octanol–water partition coefficient (Wildman–Crippen LogP) is 2.48. The van der Waals surface area contributed by atoms with Crippen LogP contribution < -0.4 is 10.9 Å². The van der Waals surface area contributed by atoms with Crippen molar-refractivity contribution >= 4 is 17.5 Å². The van der Waals surface area contributed by atoms with Crippen molar-refractivity contribution in [3.05, 3.63) is 81.6 Å². The SMILES string of the molecule is Cc1onc(-c2ccccc2Cl)c1C(=O)NCCn1nc(-n2cccn2)ccc1=O. The first-order valence-corrected chi connectivity index (χ1v) is 9.50. The van der Waals surface area contributed by atoms with Crippen LogP contribution in [0, 0.1) is 6.92 Å². The Hall–Kier alpha value is -3.72. The molecule has 0 bridgehead atoms. The lowest BCUT2D eigenvalue weighted by Gasteiger charge is -2.09. The van der Waals surface area contributed by atoms with Crippen molar-refractivity contribution in [2.75, 3.05) is 6.54 Å². The highest BCUT2D eigenvalue weighted by Crippen LogP contribution is 2.30. The Kier molecular flexibility index (Phi) is 5.44. The van der Waals surface area contributed by atoms with E-state index in [9.17, 15) is 9.59 Å². The molecule has 1 amide bonds. The van der Waals surface area contributed by atoms with Gasteiger partial charge in [-0.15, -0.1) is 5.10 Å². The fourth-order valence-corrected chi connectivity index (χ4v) is 3.19. The highest BCUT2D eigenvalue weighted by Gasteiger charge is 2.22. The second-order valence-corrected chi connectivity index (χ2v) is 6.81. The Morgan fingerprint density at radius 1 is 1.20 bits per heavy atom. The number of nitrogens with zero attached hydrogens (tertiary/aromatic N) is 5. The average molecular weight is 425 g/mol. The molecule has 30 heavy (non-hydrogen) atoms. The summed E-state index contributed by atoms with van der Waals surface area (Å²) in [6.45, 7) is 2.02. The van der Waals surface area contributed by atoms with Crippen LogP contribution in [0.15, 0.2) is 64.2 Å².